The Kier molecular flexibility index (Phi) is 5.03. The van der Waals surface area contributed by atoms with Crippen molar-refractivity contribution in [3.05, 3.63) is 33.0 Å². The molecule has 0 aromatic carbocycles. The lowest BCUT2D eigenvalue weighted by molar-refractivity contribution is 0.0706. The SMILES string of the molecule is CC(=O)c1sc(C2CCN(C(=O)c3cc(C(C)C)[nH]n3)CC2)nc1C. The standard InChI is InChI=1S/C18H24N4O2S/c1-10(2)14-9-15(21-20-14)18(24)22-7-5-13(6-8-22)17-19-11(3)16(25-17)12(4)23/h9-10,13H,5-8H2,1-4H3,(H,20,21). The molecule has 0 aliphatic carbocycles. The van der Waals surface area contributed by atoms with Crippen LogP contribution in [-0.2, 0) is 0 Å². The fourth-order valence-corrected chi connectivity index (χ4v) is 4.28. The van der Waals surface area contributed by atoms with Gasteiger partial charge in [0.05, 0.1) is 15.6 Å². The van der Waals surface area contributed by atoms with Gasteiger partial charge in [-0.05, 0) is 31.7 Å². The number of aromatic nitrogens is 3. The maximum Gasteiger partial charge on any atom is 0.274 e. The topological polar surface area (TPSA) is 79.0 Å². The van der Waals surface area contributed by atoms with Gasteiger partial charge in [-0.3, -0.25) is 14.7 Å². The molecule has 134 valence electrons. The van der Waals surface area contributed by atoms with Gasteiger partial charge in [0.1, 0.15) is 5.69 Å². The summed E-state index contributed by atoms with van der Waals surface area (Å²) in [6, 6.07) is 1.85. The minimum Gasteiger partial charge on any atom is -0.337 e. The predicted octanol–water partition coefficient (Wildman–Crippen LogP) is 3.52. The highest BCUT2D eigenvalue weighted by atomic mass is 32.1. The number of nitrogens with one attached hydrogen (secondary N) is 1. The first kappa shape index (κ1) is 17.8. The fourth-order valence-electron chi connectivity index (χ4n) is 3.15. The van der Waals surface area contributed by atoms with Crippen molar-refractivity contribution in [3.8, 4) is 0 Å². The molecule has 1 aliphatic heterocycles. The van der Waals surface area contributed by atoms with Crippen LogP contribution in [0.4, 0.5) is 0 Å². The molecule has 0 spiro atoms. The average molecular weight is 360 g/mol. The van der Waals surface area contributed by atoms with Crippen molar-refractivity contribution >= 4 is 23.0 Å². The summed E-state index contributed by atoms with van der Waals surface area (Å²) < 4.78 is 0. The van der Waals surface area contributed by atoms with E-state index in [-0.39, 0.29) is 11.7 Å². The number of carbonyl (C=O) groups is 2. The molecule has 7 heteroatoms. The van der Waals surface area contributed by atoms with Crippen molar-refractivity contribution in [2.75, 3.05) is 13.1 Å². The number of nitrogens with zero attached hydrogens (tertiary/aromatic N) is 3. The molecule has 1 N–H and O–H groups in total. The fraction of sp³-hybridized carbons (Fsp3) is 0.556. The number of hydrogen-bond acceptors (Lipinski definition) is 5. The molecule has 0 bridgehead atoms. The molecule has 1 amide bonds. The van der Waals surface area contributed by atoms with E-state index in [4.69, 9.17) is 0 Å². The number of rotatable bonds is 4. The summed E-state index contributed by atoms with van der Waals surface area (Å²) in [7, 11) is 0. The third-order valence-electron chi connectivity index (χ3n) is 4.70. The molecule has 3 heterocycles. The summed E-state index contributed by atoms with van der Waals surface area (Å²) in [5.41, 5.74) is 2.29. The van der Waals surface area contributed by atoms with Crippen molar-refractivity contribution in [2.45, 2.75) is 52.4 Å². The van der Waals surface area contributed by atoms with E-state index in [0.717, 1.165) is 34.1 Å². The minimum absolute atomic E-state index is 0.0126. The molecule has 1 fully saturated rings. The lowest BCUT2D eigenvalue weighted by Crippen LogP contribution is -2.38. The van der Waals surface area contributed by atoms with Crippen LogP contribution < -0.4 is 0 Å². The smallest absolute Gasteiger partial charge is 0.274 e. The Hall–Kier alpha value is -2.02. The number of piperidine rings is 1. The van der Waals surface area contributed by atoms with E-state index in [0.29, 0.717) is 30.6 Å². The van der Waals surface area contributed by atoms with Crippen molar-refractivity contribution < 1.29 is 9.59 Å². The van der Waals surface area contributed by atoms with Crippen molar-refractivity contribution in [1.29, 1.82) is 0 Å². The number of amides is 1. The number of Topliss-reactive ketones (excluding diaryl/α,β-unsaturated/α-hetero) is 1. The molecule has 2 aromatic rings. The summed E-state index contributed by atoms with van der Waals surface area (Å²) in [4.78, 5) is 31.4. The van der Waals surface area contributed by atoms with Gasteiger partial charge in [0.25, 0.3) is 5.91 Å². The van der Waals surface area contributed by atoms with Crippen LogP contribution in [0.2, 0.25) is 0 Å². The van der Waals surface area contributed by atoms with E-state index >= 15 is 0 Å². The highest BCUT2D eigenvalue weighted by Crippen LogP contribution is 2.33. The zero-order chi connectivity index (χ0) is 18.1. The van der Waals surface area contributed by atoms with Crippen LogP contribution >= 0.6 is 11.3 Å². The lowest BCUT2D eigenvalue weighted by Gasteiger charge is -2.30. The first-order chi connectivity index (χ1) is 11.9. The zero-order valence-corrected chi connectivity index (χ0v) is 15.9. The number of H-pyrrole nitrogens is 1. The van der Waals surface area contributed by atoms with Gasteiger partial charge in [0, 0.05) is 31.6 Å². The Morgan fingerprint density at radius 1 is 1.32 bits per heavy atom. The summed E-state index contributed by atoms with van der Waals surface area (Å²) in [5.74, 6) is 0.712. The number of hydrogen-bond donors (Lipinski definition) is 1. The molecule has 0 saturated carbocycles. The van der Waals surface area contributed by atoms with Crippen LogP contribution in [0.3, 0.4) is 0 Å². The minimum atomic E-state index is -0.0126. The Labute approximate surface area is 151 Å². The molecular formula is C18H24N4O2S. The molecule has 2 aromatic heterocycles. The summed E-state index contributed by atoms with van der Waals surface area (Å²) in [6.45, 7) is 9.00. The third-order valence-corrected chi connectivity index (χ3v) is 6.12. The predicted molar refractivity (Wildman–Crippen MR) is 97.4 cm³/mol. The van der Waals surface area contributed by atoms with Gasteiger partial charge >= 0.3 is 0 Å². The molecule has 0 unspecified atom stereocenters. The highest BCUT2D eigenvalue weighted by Gasteiger charge is 2.28. The number of aromatic amines is 1. The van der Waals surface area contributed by atoms with Crippen LogP contribution in [0, 0.1) is 6.92 Å². The number of aryl methyl sites for hydroxylation is 1. The second kappa shape index (κ2) is 7.07. The van der Waals surface area contributed by atoms with Crippen LogP contribution in [0.5, 0.6) is 0 Å². The third kappa shape index (κ3) is 3.66. The largest absolute Gasteiger partial charge is 0.337 e. The first-order valence-electron chi connectivity index (χ1n) is 8.69. The van der Waals surface area contributed by atoms with Gasteiger partial charge in [-0.1, -0.05) is 13.8 Å². The van der Waals surface area contributed by atoms with Gasteiger partial charge in [0.2, 0.25) is 0 Å². The maximum atomic E-state index is 12.6. The first-order valence-corrected chi connectivity index (χ1v) is 9.51. The Morgan fingerprint density at radius 3 is 2.52 bits per heavy atom. The Morgan fingerprint density at radius 2 is 2.00 bits per heavy atom. The molecule has 0 radical (unpaired) electrons. The van der Waals surface area contributed by atoms with E-state index in [1.807, 2.05) is 17.9 Å². The lowest BCUT2D eigenvalue weighted by atomic mass is 9.97. The van der Waals surface area contributed by atoms with Crippen LogP contribution in [-0.4, -0.2) is 44.9 Å². The number of ketones is 1. The van der Waals surface area contributed by atoms with E-state index < -0.39 is 0 Å². The van der Waals surface area contributed by atoms with Gasteiger partial charge < -0.3 is 4.90 Å². The molecule has 25 heavy (non-hydrogen) atoms. The van der Waals surface area contributed by atoms with Crippen LogP contribution in [0.25, 0.3) is 0 Å². The molecule has 1 aliphatic rings. The van der Waals surface area contributed by atoms with Crippen molar-refractivity contribution in [1.82, 2.24) is 20.1 Å². The number of likely N-dealkylation sites (tertiary alicyclic amines) is 1. The van der Waals surface area contributed by atoms with Crippen LogP contribution in [0.15, 0.2) is 6.07 Å². The number of thiazole rings is 1. The normalized spacial score (nSPS) is 15.8. The Balaban J connectivity index is 1.64. The highest BCUT2D eigenvalue weighted by molar-refractivity contribution is 7.13. The average Bonchev–Trinajstić information content (AvgIpc) is 3.21. The van der Waals surface area contributed by atoms with Crippen LogP contribution in [0.1, 0.15) is 82.0 Å². The van der Waals surface area contributed by atoms with Gasteiger partial charge in [0.15, 0.2) is 5.78 Å². The second-order valence-corrected chi connectivity index (χ2v) is 7.98. The van der Waals surface area contributed by atoms with Gasteiger partial charge in [-0.15, -0.1) is 11.3 Å². The van der Waals surface area contributed by atoms with Gasteiger partial charge in [-0.2, -0.15) is 5.10 Å². The number of carbonyl (C=O) groups excluding carboxylic acids is 2. The molecule has 1 saturated heterocycles. The molecular weight excluding hydrogens is 336 g/mol. The van der Waals surface area contributed by atoms with E-state index in [2.05, 4.69) is 29.0 Å². The van der Waals surface area contributed by atoms with Crippen molar-refractivity contribution in [2.24, 2.45) is 0 Å². The molecule has 6 nitrogen and oxygen atoms in total. The molecule has 0 atom stereocenters. The maximum absolute atomic E-state index is 12.6. The monoisotopic (exact) mass is 360 g/mol. The zero-order valence-electron chi connectivity index (χ0n) is 15.1. The van der Waals surface area contributed by atoms with E-state index in [9.17, 15) is 9.59 Å². The summed E-state index contributed by atoms with van der Waals surface area (Å²) in [5, 5.41) is 8.13. The van der Waals surface area contributed by atoms with E-state index in [1.54, 1.807) is 6.92 Å². The van der Waals surface area contributed by atoms with Crippen molar-refractivity contribution in [3.63, 3.8) is 0 Å². The summed E-state index contributed by atoms with van der Waals surface area (Å²) >= 11 is 1.51. The van der Waals surface area contributed by atoms with Gasteiger partial charge in [-0.25, -0.2) is 4.98 Å². The second-order valence-electron chi connectivity index (χ2n) is 6.95. The quantitative estimate of drug-likeness (QED) is 0.846. The molecule has 3 rings (SSSR count). The van der Waals surface area contributed by atoms with E-state index in [1.165, 1.54) is 11.3 Å². The Bertz CT molecular complexity index is 785. The summed E-state index contributed by atoms with van der Waals surface area (Å²) in [6.07, 6.45) is 1.75.